The zero-order valence-corrected chi connectivity index (χ0v) is 44.9. The van der Waals surface area contributed by atoms with Crippen molar-refractivity contribution in [3.05, 3.63) is 100 Å². The first-order valence-electron chi connectivity index (χ1n) is 25.0. The molecule has 7 N–H and O–H groups in total. The summed E-state index contributed by atoms with van der Waals surface area (Å²) in [6.45, 7) is 2.84. The third-order valence-corrected chi connectivity index (χ3v) is 14.1. The Morgan fingerprint density at radius 3 is 1.79 bits per heavy atom. The van der Waals surface area contributed by atoms with E-state index >= 15 is 8.78 Å². The van der Waals surface area contributed by atoms with Gasteiger partial charge in [-0.2, -0.15) is 35.1 Å². The maximum absolute atomic E-state index is 16.0. The first-order valence-corrected chi connectivity index (χ1v) is 25.0. The van der Waals surface area contributed by atoms with E-state index in [0.29, 0.717) is 86.5 Å². The van der Waals surface area contributed by atoms with Crippen molar-refractivity contribution in [2.24, 2.45) is 10.8 Å². The third kappa shape index (κ3) is 15.8. The lowest BCUT2D eigenvalue weighted by molar-refractivity contribution is -0.221. The van der Waals surface area contributed by atoms with Crippen molar-refractivity contribution in [1.82, 2.24) is 41.6 Å². The van der Waals surface area contributed by atoms with Crippen molar-refractivity contribution in [2.45, 2.75) is 129 Å². The van der Waals surface area contributed by atoms with Crippen LogP contribution in [0.5, 0.6) is 0 Å². The molecule has 2 fully saturated rings. The normalized spacial score (nSPS) is 17.7. The minimum atomic E-state index is -5.24. The number of nitrogens with zero attached hydrogens (tertiary/aromatic N) is 4. The largest absolute Gasteiger partial charge is 0.453 e. The molecule has 2 aliphatic heterocycles. The zero-order chi connectivity index (χ0) is 59.7. The number of carbonyl (C=O) groups is 4. The van der Waals surface area contributed by atoms with Crippen LogP contribution < -0.4 is 31.6 Å². The van der Waals surface area contributed by atoms with E-state index in [1.165, 1.54) is 24.3 Å². The van der Waals surface area contributed by atoms with E-state index in [1.807, 2.05) is 22.9 Å². The Morgan fingerprint density at radius 2 is 1.32 bits per heavy atom. The van der Waals surface area contributed by atoms with Crippen molar-refractivity contribution >= 4 is 41.6 Å². The summed E-state index contributed by atoms with van der Waals surface area (Å²) in [6.07, 6.45) is -11.1. The number of aromatic nitrogens is 1. The van der Waals surface area contributed by atoms with Gasteiger partial charge in [0.2, 0.25) is 5.91 Å². The van der Waals surface area contributed by atoms with Crippen LogP contribution in [0.4, 0.5) is 59.3 Å². The number of pyridine rings is 1. The van der Waals surface area contributed by atoms with Crippen LogP contribution in [0.15, 0.2) is 60.9 Å². The van der Waals surface area contributed by atoms with Gasteiger partial charge >= 0.3 is 31.1 Å². The Morgan fingerprint density at radius 1 is 0.812 bits per heavy atom. The Kier molecular flexibility index (Phi) is 21.0. The van der Waals surface area contributed by atoms with Crippen LogP contribution in [0, 0.1) is 39.7 Å². The van der Waals surface area contributed by atoms with Crippen LogP contribution >= 0.6 is 0 Å². The van der Waals surface area contributed by atoms with Gasteiger partial charge in [0.25, 0.3) is 5.91 Å². The van der Waals surface area contributed by atoms with Gasteiger partial charge in [-0.05, 0) is 108 Å². The third-order valence-electron chi connectivity index (χ3n) is 14.1. The summed E-state index contributed by atoms with van der Waals surface area (Å²) in [7, 11) is 1.59. The van der Waals surface area contributed by atoms with Crippen molar-refractivity contribution in [3.63, 3.8) is 0 Å². The zero-order valence-electron chi connectivity index (χ0n) is 44.9. The van der Waals surface area contributed by atoms with E-state index in [2.05, 4.69) is 55.3 Å². The Balaban J connectivity index is 1.52. The molecule has 2 unspecified atom stereocenters. The summed E-state index contributed by atoms with van der Waals surface area (Å²) in [5.41, 5.74) is -4.76. The molecule has 3 aromatic rings. The van der Waals surface area contributed by atoms with Gasteiger partial charge < -0.3 is 46.2 Å². The number of halogens is 10. The summed E-state index contributed by atoms with van der Waals surface area (Å²) in [5, 5.41) is 27.6. The van der Waals surface area contributed by atoms with Gasteiger partial charge in [0.1, 0.15) is 29.5 Å². The van der Waals surface area contributed by atoms with E-state index < -0.39 is 126 Å². The summed E-state index contributed by atoms with van der Waals surface area (Å²) in [5.74, 6) is 0.633. The molecule has 80 heavy (non-hydrogen) atoms. The molecular weight excluding hydrogens is 1080 g/mol. The van der Waals surface area contributed by atoms with Crippen LogP contribution in [0.1, 0.15) is 82.2 Å². The second-order valence-corrected chi connectivity index (χ2v) is 20.6. The number of piperazine rings is 1. The number of fused-ring (bicyclic) bond motifs is 2. The molecule has 4 amide bonds. The topological polar surface area (TPSA) is 214 Å². The number of nitrogens with one attached hydrogen (secondary N) is 6. The Hall–Kier alpha value is -7.18. The number of aliphatic hydroxyl groups excluding tert-OH is 1. The summed E-state index contributed by atoms with van der Waals surface area (Å²) in [4.78, 5) is 62.3. The molecule has 1 aromatic heterocycles. The molecule has 2 saturated heterocycles. The smallest absolute Gasteiger partial charge is 0.407 e. The number of alkyl carbamates (subject to hydrolysis) is 2. The minimum absolute atomic E-state index is 0.263. The number of methoxy groups -OCH3 is 2. The Labute approximate surface area is 455 Å². The fraction of sp³-hybridized carbons (Fsp3) is 0.509. The van der Waals surface area contributed by atoms with E-state index in [0.717, 1.165) is 46.0 Å². The number of rotatable bonds is 21. The highest BCUT2D eigenvalue weighted by molar-refractivity contribution is 6.08. The van der Waals surface area contributed by atoms with Gasteiger partial charge in [-0.15, -0.1) is 0 Å². The number of anilines is 1. The van der Waals surface area contributed by atoms with Gasteiger partial charge in [0, 0.05) is 85.2 Å². The van der Waals surface area contributed by atoms with E-state index in [9.17, 15) is 59.4 Å². The molecule has 0 saturated carbocycles. The SMILES string of the molecule is COC(=O)N[C@H](C(=O)N[C@@H](Cc1ccc(C#Cc2ccc(N3CC4CCC(C3)N4C(C)C)nc2)cc1)[C@@H](O)CN(Cc1c(F)cc(/C(C=N)=C/NC(F)F)cc1F)NC(=O)[C@@H](NC(=O)OC)C(C)(C)C(F)(F)F)C(C)(C)C(F)(F)F. The molecular formula is C53H64F10N10O7. The van der Waals surface area contributed by atoms with Gasteiger partial charge in [-0.25, -0.2) is 28.4 Å². The minimum Gasteiger partial charge on any atom is -0.453 e. The van der Waals surface area contributed by atoms with Crippen molar-refractivity contribution < 1.29 is 77.7 Å². The number of ether oxygens (including phenoxy) is 2. The predicted octanol–water partition coefficient (Wildman–Crippen LogP) is 7.17. The molecule has 3 heterocycles. The molecule has 6 atom stereocenters. The summed E-state index contributed by atoms with van der Waals surface area (Å²) < 4.78 is 154. The fourth-order valence-corrected chi connectivity index (χ4v) is 9.31. The fourth-order valence-electron chi connectivity index (χ4n) is 9.31. The maximum Gasteiger partial charge on any atom is 0.407 e. The highest BCUT2D eigenvalue weighted by Crippen LogP contribution is 2.42. The monoisotopic (exact) mass is 1140 g/mol. The van der Waals surface area contributed by atoms with Crippen molar-refractivity contribution in [2.75, 3.05) is 38.8 Å². The standard InChI is InChI=1S/C53H64F10N10O7/c1-29(2)73-35-16-17-36(73)26-71(25-35)42-18-15-32(23-65-42)14-11-30-9-12-31(13-10-30)19-40(67-45(75)43(68-48(77)79-7)50(3,4)52(58,59)60)41(74)28-72(70-46(76)44(69-49(78)80-8)51(5,6)53(61,62)63)27-37-38(54)20-33(21-39(37)55)34(22-64)24-66-47(56)57/h9-10,12-13,15,18,20-24,29,35-36,40-41,43-44,47,64,66,74H,16-17,19,25-28H2,1-8H3,(H,67,75)(H,68,77)(H,69,78)(H,70,76)/b34-24+,64-22?/t35?,36?,40-,41-,43+,44+/m0/s1. The van der Waals surface area contributed by atoms with Gasteiger partial charge in [-0.3, -0.25) is 19.9 Å². The highest BCUT2D eigenvalue weighted by Gasteiger charge is 2.57. The molecule has 0 radical (unpaired) electrons. The van der Waals surface area contributed by atoms with Gasteiger partial charge in [0.15, 0.2) is 0 Å². The number of carbonyl (C=O) groups excluding carboxylic acids is 4. The van der Waals surface area contributed by atoms with E-state index in [-0.39, 0.29) is 5.56 Å². The van der Waals surface area contributed by atoms with Crippen LogP contribution in [-0.2, 0) is 32.0 Å². The maximum atomic E-state index is 16.0. The number of alkyl halides is 8. The molecule has 438 valence electrons. The van der Waals surface area contributed by atoms with Crippen molar-refractivity contribution in [1.29, 1.82) is 5.41 Å². The molecule has 27 heteroatoms. The molecule has 2 aliphatic rings. The lowest BCUT2D eigenvalue weighted by atomic mass is 9.82. The number of allylic oxidation sites excluding steroid dienone is 1. The van der Waals surface area contributed by atoms with Crippen LogP contribution in [0.25, 0.3) is 5.57 Å². The quantitative estimate of drug-likeness (QED) is 0.0186. The average Bonchev–Trinajstić information content (AvgIpc) is 3.81. The molecule has 0 aliphatic carbocycles. The number of aliphatic hydroxyl groups is 1. The van der Waals surface area contributed by atoms with E-state index in [1.54, 1.807) is 16.8 Å². The molecule has 17 nitrogen and oxygen atoms in total. The number of hydrogen-bond acceptors (Lipinski definition) is 13. The molecule has 0 spiro atoms. The van der Waals surface area contributed by atoms with Crippen LogP contribution in [0.2, 0.25) is 0 Å². The highest BCUT2D eigenvalue weighted by atomic mass is 19.4. The first kappa shape index (κ1) is 63.6. The lowest BCUT2D eigenvalue weighted by Gasteiger charge is -2.43. The summed E-state index contributed by atoms with van der Waals surface area (Å²) in [6, 6.07) is 5.40. The van der Waals surface area contributed by atoms with Crippen LogP contribution in [-0.4, -0.2) is 145 Å². The second kappa shape index (κ2) is 26.4. The number of benzene rings is 2. The molecule has 5 rings (SSSR count). The second-order valence-electron chi connectivity index (χ2n) is 20.6. The number of amides is 4. The first-order chi connectivity index (χ1) is 37.3. The number of hydrogen-bond donors (Lipinski definition) is 7. The average molecular weight is 1140 g/mol. The molecule has 2 aromatic carbocycles. The van der Waals surface area contributed by atoms with Gasteiger partial charge in [-0.1, -0.05) is 24.0 Å². The lowest BCUT2D eigenvalue weighted by Crippen LogP contribution is -2.63. The predicted molar refractivity (Wildman–Crippen MR) is 273 cm³/mol. The van der Waals surface area contributed by atoms with Crippen molar-refractivity contribution in [3.8, 4) is 11.8 Å². The van der Waals surface area contributed by atoms with E-state index in [4.69, 9.17) is 5.41 Å². The summed E-state index contributed by atoms with van der Waals surface area (Å²) >= 11 is 0. The Bertz CT molecular complexity index is 2730. The number of hydrazine groups is 1. The van der Waals surface area contributed by atoms with Gasteiger partial charge in [0.05, 0.1) is 37.2 Å². The van der Waals surface area contributed by atoms with Crippen LogP contribution in [0.3, 0.4) is 0 Å². The molecule has 2 bridgehead atoms.